The summed E-state index contributed by atoms with van der Waals surface area (Å²) in [7, 11) is 1.94. The predicted octanol–water partition coefficient (Wildman–Crippen LogP) is 2.43. The molecule has 4 N–H and O–H groups in total. The maximum atomic E-state index is 14.1. The summed E-state index contributed by atoms with van der Waals surface area (Å²) < 4.78 is 18.1. The molecule has 1 amide bonds. The fourth-order valence-corrected chi connectivity index (χ4v) is 5.20. The first kappa shape index (κ1) is 33.5. The number of aryl methyl sites for hydroxylation is 2. The number of rotatable bonds is 17. The molecule has 3 aromatic rings. The molecule has 0 aromatic carbocycles. The van der Waals surface area contributed by atoms with Gasteiger partial charge in [0.25, 0.3) is 0 Å². The zero-order chi connectivity index (χ0) is 31.7. The van der Waals surface area contributed by atoms with Crippen LogP contribution in [0.25, 0.3) is 11.2 Å². The first-order valence-corrected chi connectivity index (χ1v) is 15.8. The SMILES string of the molecule is CCc1nn(CCCCCNC(=O)CNCCN(C)CCO)cc1Nc1nc(N2CC[C@H](F)C2)nc2c1ncn2C(C)(C)C. The second kappa shape index (κ2) is 15.6. The Kier molecular flexibility index (Phi) is 11.9. The van der Waals surface area contributed by atoms with Gasteiger partial charge in [0.2, 0.25) is 11.9 Å². The molecular weight excluding hydrogens is 565 g/mol. The Morgan fingerprint density at radius 2 is 2.00 bits per heavy atom. The van der Waals surface area contributed by atoms with E-state index in [1.54, 1.807) is 6.33 Å². The molecule has 0 bridgehead atoms. The molecule has 4 heterocycles. The van der Waals surface area contributed by atoms with Crippen LogP contribution in [0.5, 0.6) is 0 Å². The molecule has 3 aromatic heterocycles. The van der Waals surface area contributed by atoms with Crippen molar-refractivity contribution < 1.29 is 14.3 Å². The van der Waals surface area contributed by atoms with Crippen LogP contribution in [0.4, 0.5) is 21.8 Å². The monoisotopic (exact) mass is 615 g/mol. The van der Waals surface area contributed by atoms with Crippen molar-refractivity contribution in [2.24, 2.45) is 0 Å². The van der Waals surface area contributed by atoms with Crippen molar-refractivity contribution in [2.75, 3.05) is 69.7 Å². The molecule has 0 saturated carbocycles. The van der Waals surface area contributed by atoms with Gasteiger partial charge >= 0.3 is 0 Å². The van der Waals surface area contributed by atoms with E-state index in [-0.39, 0.29) is 24.6 Å². The Morgan fingerprint density at radius 3 is 2.70 bits per heavy atom. The average Bonchev–Trinajstić information content (AvgIpc) is 3.71. The van der Waals surface area contributed by atoms with Crippen molar-refractivity contribution in [1.82, 2.24) is 44.8 Å². The van der Waals surface area contributed by atoms with Gasteiger partial charge in [-0.2, -0.15) is 15.1 Å². The molecule has 44 heavy (non-hydrogen) atoms. The van der Waals surface area contributed by atoms with E-state index in [2.05, 4.69) is 48.6 Å². The number of alkyl halides is 1. The number of likely N-dealkylation sites (N-methyl/N-ethyl adjacent to an activating group) is 1. The van der Waals surface area contributed by atoms with Crippen molar-refractivity contribution in [3.8, 4) is 0 Å². The van der Waals surface area contributed by atoms with E-state index >= 15 is 0 Å². The van der Waals surface area contributed by atoms with Crippen LogP contribution in [-0.2, 0) is 23.3 Å². The van der Waals surface area contributed by atoms with Crippen LogP contribution < -0.4 is 20.9 Å². The maximum absolute atomic E-state index is 14.1. The lowest BCUT2D eigenvalue weighted by molar-refractivity contribution is -0.120. The van der Waals surface area contributed by atoms with Gasteiger partial charge in [-0.3, -0.25) is 9.48 Å². The molecule has 4 rings (SSSR count). The lowest BCUT2D eigenvalue weighted by Gasteiger charge is -2.22. The molecule has 0 aliphatic carbocycles. The minimum atomic E-state index is -0.878. The smallest absolute Gasteiger partial charge is 0.233 e. The highest BCUT2D eigenvalue weighted by Gasteiger charge is 2.27. The van der Waals surface area contributed by atoms with E-state index in [1.165, 1.54) is 0 Å². The third-order valence-electron chi connectivity index (χ3n) is 7.77. The number of amides is 1. The number of fused-ring (bicyclic) bond motifs is 1. The summed E-state index contributed by atoms with van der Waals surface area (Å²) in [5, 5.41) is 23.3. The van der Waals surface area contributed by atoms with Gasteiger partial charge in [0, 0.05) is 51.0 Å². The van der Waals surface area contributed by atoms with Gasteiger partial charge < -0.3 is 35.4 Å². The van der Waals surface area contributed by atoms with Gasteiger partial charge in [-0.05, 0) is 59.9 Å². The minimum Gasteiger partial charge on any atom is -0.395 e. The third kappa shape index (κ3) is 9.08. The number of hydrogen-bond acceptors (Lipinski definition) is 10. The van der Waals surface area contributed by atoms with Crippen LogP contribution in [0.15, 0.2) is 12.5 Å². The first-order chi connectivity index (χ1) is 21.1. The molecular formula is C30H50FN11O2. The number of halogens is 1. The summed E-state index contributed by atoms with van der Waals surface area (Å²) in [4.78, 5) is 30.3. The van der Waals surface area contributed by atoms with Gasteiger partial charge in [0.05, 0.1) is 37.4 Å². The summed E-state index contributed by atoms with van der Waals surface area (Å²) in [6.07, 6.45) is 6.95. The van der Waals surface area contributed by atoms with Crippen molar-refractivity contribution >= 4 is 34.5 Å². The number of carbonyl (C=O) groups is 1. The minimum absolute atomic E-state index is 0.00578. The van der Waals surface area contributed by atoms with Crippen molar-refractivity contribution in [2.45, 2.75) is 78.1 Å². The summed E-state index contributed by atoms with van der Waals surface area (Å²) in [5.74, 6) is 1.09. The highest BCUT2D eigenvalue weighted by atomic mass is 19.1. The number of carbonyl (C=O) groups excluding carboxylic acids is 1. The van der Waals surface area contributed by atoms with Crippen molar-refractivity contribution in [3.63, 3.8) is 0 Å². The molecule has 244 valence electrons. The van der Waals surface area contributed by atoms with E-state index in [0.717, 1.165) is 50.2 Å². The van der Waals surface area contributed by atoms with E-state index in [4.69, 9.17) is 20.2 Å². The predicted molar refractivity (Wildman–Crippen MR) is 171 cm³/mol. The third-order valence-corrected chi connectivity index (χ3v) is 7.77. The topological polar surface area (TPSA) is 141 Å². The van der Waals surface area contributed by atoms with Gasteiger partial charge in [-0.15, -0.1) is 0 Å². The van der Waals surface area contributed by atoms with Gasteiger partial charge in [0.15, 0.2) is 17.0 Å². The number of aliphatic hydroxyl groups is 1. The molecule has 1 fully saturated rings. The standard InChI is InChI=1S/C30H50FN11O2/c1-6-23-24(20-41(38-23)13-9-7-8-11-33-25(44)18-32-12-15-39(5)16-17-43)35-27-26-28(42(21-34-26)30(2,3)4)37-29(36-27)40-14-10-22(31)19-40/h20-22,32,43H,6-19H2,1-5H3,(H,33,44)(H,35,36,37)/t22-/m0/s1. The molecule has 1 saturated heterocycles. The Morgan fingerprint density at radius 1 is 1.18 bits per heavy atom. The molecule has 0 unspecified atom stereocenters. The highest BCUT2D eigenvalue weighted by Crippen LogP contribution is 2.31. The lowest BCUT2D eigenvalue weighted by Crippen LogP contribution is -2.38. The first-order valence-electron chi connectivity index (χ1n) is 15.8. The highest BCUT2D eigenvalue weighted by molar-refractivity contribution is 5.87. The number of anilines is 3. The zero-order valence-electron chi connectivity index (χ0n) is 26.9. The number of aromatic nitrogens is 6. The Labute approximate surface area is 259 Å². The molecule has 1 aliphatic heterocycles. The number of unbranched alkanes of at least 4 members (excludes halogenated alkanes) is 2. The Bertz CT molecular complexity index is 1350. The Balaban J connectivity index is 1.31. The molecule has 1 aliphatic rings. The fraction of sp³-hybridized carbons (Fsp3) is 0.700. The van der Waals surface area contributed by atoms with E-state index < -0.39 is 6.17 Å². The van der Waals surface area contributed by atoms with Crippen LogP contribution in [0.1, 0.15) is 59.1 Å². The molecule has 0 radical (unpaired) electrons. The van der Waals surface area contributed by atoms with E-state index in [0.29, 0.717) is 62.1 Å². The number of nitrogens with one attached hydrogen (secondary N) is 3. The Hall–Kier alpha value is -3.36. The van der Waals surface area contributed by atoms with E-state index in [9.17, 15) is 9.18 Å². The summed E-state index contributed by atoms with van der Waals surface area (Å²) >= 11 is 0. The summed E-state index contributed by atoms with van der Waals surface area (Å²) in [6, 6.07) is 0. The average molecular weight is 616 g/mol. The summed E-state index contributed by atoms with van der Waals surface area (Å²) in [6.45, 7) is 13.2. The van der Waals surface area contributed by atoms with Crippen LogP contribution in [0.2, 0.25) is 0 Å². The second-order valence-corrected chi connectivity index (χ2v) is 12.5. The van der Waals surface area contributed by atoms with Crippen molar-refractivity contribution in [3.05, 3.63) is 18.2 Å². The second-order valence-electron chi connectivity index (χ2n) is 12.5. The number of hydrogen-bond donors (Lipinski definition) is 4. The maximum Gasteiger partial charge on any atom is 0.233 e. The van der Waals surface area contributed by atoms with Crippen LogP contribution >= 0.6 is 0 Å². The quantitative estimate of drug-likeness (QED) is 0.167. The van der Waals surface area contributed by atoms with Gasteiger partial charge in [-0.1, -0.05) is 6.92 Å². The fourth-order valence-electron chi connectivity index (χ4n) is 5.20. The number of nitrogens with zero attached hydrogens (tertiary/aromatic N) is 8. The molecule has 13 nitrogen and oxygen atoms in total. The van der Waals surface area contributed by atoms with E-state index in [1.807, 2.05) is 32.3 Å². The van der Waals surface area contributed by atoms with Gasteiger partial charge in [-0.25, -0.2) is 9.37 Å². The normalized spacial score (nSPS) is 15.5. The molecule has 14 heteroatoms. The lowest BCUT2D eigenvalue weighted by atomic mass is 10.1. The molecule has 1 atom stereocenters. The summed E-state index contributed by atoms with van der Waals surface area (Å²) in [5.41, 5.74) is 2.95. The van der Waals surface area contributed by atoms with Gasteiger partial charge in [0.1, 0.15) is 6.17 Å². The number of aliphatic hydroxyl groups excluding tert-OH is 1. The van der Waals surface area contributed by atoms with Crippen LogP contribution in [-0.4, -0.2) is 111 Å². The number of imidazole rings is 1. The largest absolute Gasteiger partial charge is 0.395 e. The molecule has 0 spiro atoms. The zero-order valence-corrected chi connectivity index (χ0v) is 26.9. The van der Waals surface area contributed by atoms with Crippen molar-refractivity contribution in [1.29, 1.82) is 0 Å². The van der Waals surface area contributed by atoms with Crippen LogP contribution in [0.3, 0.4) is 0 Å². The van der Waals surface area contributed by atoms with Crippen LogP contribution in [0, 0.1) is 0 Å².